The van der Waals surface area contributed by atoms with Crippen molar-refractivity contribution in [1.29, 1.82) is 5.41 Å². The Hall–Kier alpha value is -1.58. The second-order valence-corrected chi connectivity index (χ2v) is 6.35. The molecule has 0 spiro atoms. The summed E-state index contributed by atoms with van der Waals surface area (Å²) >= 11 is 0. The van der Waals surface area contributed by atoms with Crippen LogP contribution in [0.15, 0.2) is 18.3 Å². The fourth-order valence-electron chi connectivity index (χ4n) is 2.11. The van der Waals surface area contributed by atoms with E-state index in [9.17, 15) is 0 Å². The first-order valence-corrected chi connectivity index (χ1v) is 6.94. The summed E-state index contributed by atoms with van der Waals surface area (Å²) in [6.07, 6.45) is 5.03. The lowest BCUT2D eigenvalue weighted by atomic mass is 9.88. The van der Waals surface area contributed by atoms with Gasteiger partial charge < -0.3 is 10.6 Å². The maximum absolute atomic E-state index is 7.36. The van der Waals surface area contributed by atoms with Crippen LogP contribution in [0.3, 0.4) is 0 Å². The van der Waals surface area contributed by atoms with E-state index in [1.165, 1.54) is 18.4 Å². The van der Waals surface area contributed by atoms with Gasteiger partial charge >= 0.3 is 0 Å². The SMILES string of the molecule is CC(C)(C)c1ccc(N(CCC(=N)N)C2CC2)nc1. The first kappa shape index (κ1) is 13.8. The Morgan fingerprint density at radius 2 is 2.11 bits per heavy atom. The Morgan fingerprint density at radius 3 is 2.53 bits per heavy atom. The van der Waals surface area contributed by atoms with Crippen LogP contribution >= 0.6 is 0 Å². The van der Waals surface area contributed by atoms with Gasteiger partial charge in [0.1, 0.15) is 5.82 Å². The molecular weight excluding hydrogens is 236 g/mol. The van der Waals surface area contributed by atoms with Gasteiger partial charge in [0.25, 0.3) is 0 Å². The maximum atomic E-state index is 7.36. The van der Waals surface area contributed by atoms with E-state index in [2.05, 4.69) is 42.8 Å². The molecule has 0 aromatic carbocycles. The van der Waals surface area contributed by atoms with Crippen LogP contribution in [0.4, 0.5) is 5.82 Å². The van der Waals surface area contributed by atoms with Crippen LogP contribution < -0.4 is 10.6 Å². The number of aromatic nitrogens is 1. The molecule has 1 aromatic rings. The van der Waals surface area contributed by atoms with Gasteiger partial charge in [0.2, 0.25) is 0 Å². The van der Waals surface area contributed by atoms with E-state index in [0.717, 1.165) is 12.4 Å². The zero-order valence-corrected chi connectivity index (χ0v) is 12.1. The zero-order chi connectivity index (χ0) is 14.0. The van der Waals surface area contributed by atoms with E-state index in [4.69, 9.17) is 11.1 Å². The predicted octanol–water partition coefficient (Wildman–Crippen LogP) is 2.67. The summed E-state index contributed by atoms with van der Waals surface area (Å²) in [7, 11) is 0. The summed E-state index contributed by atoms with van der Waals surface area (Å²) in [4.78, 5) is 6.88. The third-order valence-corrected chi connectivity index (χ3v) is 3.52. The molecule has 1 aliphatic rings. The molecule has 1 heterocycles. The third-order valence-electron chi connectivity index (χ3n) is 3.52. The molecule has 2 rings (SSSR count). The number of pyridine rings is 1. The standard InChI is InChI=1S/C15H24N4/c1-15(2,3)11-4-7-14(18-10-11)19(12-5-6-12)9-8-13(16)17/h4,7,10,12H,5-6,8-9H2,1-3H3,(H3,16,17). The molecule has 1 aliphatic carbocycles. The topological polar surface area (TPSA) is 66.0 Å². The average Bonchev–Trinajstić information content (AvgIpc) is 3.13. The molecule has 4 heteroatoms. The maximum Gasteiger partial charge on any atom is 0.128 e. The molecular formula is C15H24N4. The highest BCUT2D eigenvalue weighted by molar-refractivity contribution is 5.77. The molecule has 1 fully saturated rings. The molecule has 0 radical (unpaired) electrons. The van der Waals surface area contributed by atoms with E-state index in [1.54, 1.807) is 0 Å². The number of rotatable bonds is 5. The van der Waals surface area contributed by atoms with Gasteiger partial charge in [-0.3, -0.25) is 5.41 Å². The quantitative estimate of drug-likeness (QED) is 0.632. The monoisotopic (exact) mass is 260 g/mol. The van der Waals surface area contributed by atoms with E-state index < -0.39 is 0 Å². The number of anilines is 1. The summed E-state index contributed by atoms with van der Waals surface area (Å²) in [5.41, 5.74) is 6.84. The van der Waals surface area contributed by atoms with Crippen LogP contribution in [-0.4, -0.2) is 23.4 Å². The van der Waals surface area contributed by atoms with Crippen LogP contribution in [0.1, 0.15) is 45.6 Å². The number of hydrogen-bond donors (Lipinski definition) is 2. The lowest BCUT2D eigenvalue weighted by Gasteiger charge is -2.25. The summed E-state index contributed by atoms with van der Waals surface area (Å²) in [5.74, 6) is 1.26. The van der Waals surface area contributed by atoms with Crippen LogP contribution in [0.2, 0.25) is 0 Å². The van der Waals surface area contributed by atoms with Crippen molar-refractivity contribution < 1.29 is 0 Å². The van der Waals surface area contributed by atoms with Gasteiger partial charge in [0.05, 0.1) is 5.84 Å². The van der Waals surface area contributed by atoms with Crippen LogP contribution in [0.25, 0.3) is 0 Å². The van der Waals surface area contributed by atoms with Crippen molar-refractivity contribution >= 4 is 11.7 Å². The largest absolute Gasteiger partial charge is 0.388 e. The van der Waals surface area contributed by atoms with E-state index in [-0.39, 0.29) is 11.3 Å². The number of nitrogens with one attached hydrogen (secondary N) is 1. The number of nitrogens with two attached hydrogens (primary N) is 1. The van der Waals surface area contributed by atoms with Crippen LogP contribution in [-0.2, 0) is 5.41 Å². The molecule has 0 aliphatic heterocycles. The molecule has 4 nitrogen and oxygen atoms in total. The minimum atomic E-state index is 0.134. The normalized spacial score (nSPS) is 15.3. The molecule has 104 valence electrons. The lowest BCUT2D eigenvalue weighted by molar-refractivity contribution is 0.587. The highest BCUT2D eigenvalue weighted by Crippen LogP contribution is 2.31. The first-order valence-electron chi connectivity index (χ1n) is 6.94. The minimum Gasteiger partial charge on any atom is -0.388 e. The Balaban J connectivity index is 2.11. The molecule has 3 N–H and O–H groups in total. The number of hydrogen-bond acceptors (Lipinski definition) is 3. The molecule has 19 heavy (non-hydrogen) atoms. The molecule has 1 saturated carbocycles. The van der Waals surface area contributed by atoms with Crippen molar-refractivity contribution in [2.24, 2.45) is 5.73 Å². The highest BCUT2D eigenvalue weighted by atomic mass is 15.2. The molecule has 0 atom stereocenters. The van der Waals surface area contributed by atoms with Crippen molar-refractivity contribution in [2.45, 2.75) is 51.5 Å². The second-order valence-electron chi connectivity index (χ2n) is 6.35. The number of amidine groups is 1. The minimum absolute atomic E-state index is 0.134. The molecule has 0 unspecified atom stereocenters. The Labute approximate surface area is 115 Å². The van der Waals surface area contributed by atoms with Crippen molar-refractivity contribution in [3.05, 3.63) is 23.9 Å². The summed E-state index contributed by atoms with van der Waals surface area (Å²) < 4.78 is 0. The van der Waals surface area contributed by atoms with Gasteiger partial charge in [-0.05, 0) is 29.9 Å². The van der Waals surface area contributed by atoms with Gasteiger partial charge in [0, 0.05) is 25.2 Å². The summed E-state index contributed by atoms with van der Waals surface area (Å²) in [6, 6.07) is 4.84. The molecule has 0 bridgehead atoms. The molecule has 1 aromatic heterocycles. The van der Waals surface area contributed by atoms with Crippen molar-refractivity contribution in [3.8, 4) is 0 Å². The number of nitrogens with zero attached hydrogens (tertiary/aromatic N) is 2. The zero-order valence-electron chi connectivity index (χ0n) is 12.1. The fraction of sp³-hybridized carbons (Fsp3) is 0.600. The summed E-state index contributed by atoms with van der Waals surface area (Å²) in [6.45, 7) is 7.37. The average molecular weight is 260 g/mol. The lowest BCUT2D eigenvalue weighted by Crippen LogP contribution is -2.30. The van der Waals surface area contributed by atoms with E-state index >= 15 is 0 Å². The second kappa shape index (κ2) is 5.19. The van der Waals surface area contributed by atoms with E-state index in [0.29, 0.717) is 12.5 Å². The Kier molecular flexibility index (Phi) is 3.78. The van der Waals surface area contributed by atoms with Gasteiger partial charge in [-0.15, -0.1) is 0 Å². The predicted molar refractivity (Wildman–Crippen MR) is 79.8 cm³/mol. The molecule has 0 saturated heterocycles. The van der Waals surface area contributed by atoms with Gasteiger partial charge in [-0.2, -0.15) is 0 Å². The third kappa shape index (κ3) is 3.69. The van der Waals surface area contributed by atoms with E-state index in [1.807, 2.05) is 6.20 Å². The smallest absolute Gasteiger partial charge is 0.128 e. The van der Waals surface area contributed by atoms with Crippen LogP contribution in [0.5, 0.6) is 0 Å². The molecule has 0 amide bonds. The Morgan fingerprint density at radius 1 is 1.42 bits per heavy atom. The van der Waals surface area contributed by atoms with Crippen LogP contribution in [0, 0.1) is 5.41 Å². The first-order chi connectivity index (χ1) is 8.88. The van der Waals surface area contributed by atoms with Gasteiger partial charge in [-0.1, -0.05) is 26.8 Å². The van der Waals surface area contributed by atoms with Gasteiger partial charge in [-0.25, -0.2) is 4.98 Å². The highest BCUT2D eigenvalue weighted by Gasteiger charge is 2.30. The Bertz CT molecular complexity index is 440. The fourth-order valence-corrected chi connectivity index (χ4v) is 2.11. The van der Waals surface area contributed by atoms with Crippen molar-refractivity contribution in [2.75, 3.05) is 11.4 Å². The summed E-state index contributed by atoms with van der Waals surface area (Å²) in [5, 5.41) is 7.36. The van der Waals surface area contributed by atoms with Crippen molar-refractivity contribution in [1.82, 2.24) is 4.98 Å². The van der Waals surface area contributed by atoms with Gasteiger partial charge in [0.15, 0.2) is 0 Å². The van der Waals surface area contributed by atoms with Crippen molar-refractivity contribution in [3.63, 3.8) is 0 Å².